The molecule has 84 valence electrons. The molecule has 0 nitrogen and oxygen atoms in total. The van der Waals surface area contributed by atoms with Gasteiger partial charge in [-0.3, -0.25) is 0 Å². The Kier molecular flexibility index (Phi) is 3.53. The minimum Gasteiger partial charge on any atom is -0.207 e. The van der Waals surface area contributed by atoms with Crippen molar-refractivity contribution in [2.75, 3.05) is 0 Å². The Bertz CT molecular complexity index is 507. The van der Waals surface area contributed by atoms with Crippen LogP contribution in [0.4, 0.5) is 4.39 Å². The van der Waals surface area contributed by atoms with Crippen LogP contribution in [0.1, 0.15) is 20.7 Å². The van der Waals surface area contributed by atoms with Gasteiger partial charge in [-0.2, -0.15) is 0 Å². The van der Waals surface area contributed by atoms with Gasteiger partial charge in [0, 0.05) is 20.3 Å². The van der Waals surface area contributed by atoms with Gasteiger partial charge in [0.15, 0.2) is 0 Å². The molecule has 0 aliphatic rings. The van der Waals surface area contributed by atoms with Crippen molar-refractivity contribution in [3.63, 3.8) is 0 Å². The van der Waals surface area contributed by atoms with E-state index >= 15 is 0 Å². The number of hydrogen-bond donors (Lipinski definition) is 0. The van der Waals surface area contributed by atoms with Crippen LogP contribution in [0.15, 0.2) is 30.3 Å². The molecule has 2 rings (SSSR count). The lowest BCUT2D eigenvalue weighted by atomic mass is 10.1. The molecule has 16 heavy (non-hydrogen) atoms. The first-order chi connectivity index (χ1) is 7.58. The monoisotopic (exact) mass is 274 g/mol. The van der Waals surface area contributed by atoms with Gasteiger partial charge in [-0.15, -0.1) is 22.9 Å². The van der Waals surface area contributed by atoms with E-state index in [1.54, 1.807) is 17.4 Å². The molecule has 0 radical (unpaired) electrons. The molecular weight excluding hydrogens is 266 g/mol. The summed E-state index contributed by atoms with van der Waals surface area (Å²) < 4.78 is 13.6. The van der Waals surface area contributed by atoms with Crippen LogP contribution in [-0.2, 0) is 0 Å². The van der Waals surface area contributed by atoms with Crippen molar-refractivity contribution in [1.29, 1.82) is 0 Å². The lowest BCUT2D eigenvalue weighted by Crippen LogP contribution is -1.94. The fourth-order valence-electron chi connectivity index (χ4n) is 1.45. The van der Waals surface area contributed by atoms with E-state index in [1.807, 2.05) is 19.1 Å². The molecule has 1 unspecified atom stereocenters. The summed E-state index contributed by atoms with van der Waals surface area (Å²) in [6.07, 6.45) is 0. The Morgan fingerprint density at radius 2 is 2.00 bits per heavy atom. The van der Waals surface area contributed by atoms with Crippen molar-refractivity contribution < 1.29 is 4.39 Å². The molecule has 1 aromatic heterocycles. The lowest BCUT2D eigenvalue weighted by Gasteiger charge is -2.09. The Morgan fingerprint density at radius 1 is 1.25 bits per heavy atom. The van der Waals surface area contributed by atoms with Crippen LogP contribution in [0.2, 0.25) is 5.02 Å². The maximum Gasteiger partial charge on any atom is 0.128 e. The maximum atomic E-state index is 13.6. The first kappa shape index (κ1) is 11.9. The summed E-state index contributed by atoms with van der Waals surface area (Å²) in [6, 6.07) is 8.32. The van der Waals surface area contributed by atoms with Crippen LogP contribution in [0, 0.1) is 12.7 Å². The van der Waals surface area contributed by atoms with Crippen molar-refractivity contribution in [2.24, 2.45) is 0 Å². The van der Waals surface area contributed by atoms with Gasteiger partial charge in [0.1, 0.15) is 5.82 Å². The third-order valence-electron chi connectivity index (χ3n) is 2.24. The summed E-state index contributed by atoms with van der Waals surface area (Å²) in [4.78, 5) is 2.09. The number of halogens is 3. The summed E-state index contributed by atoms with van der Waals surface area (Å²) in [6.45, 7) is 1.99. The molecule has 1 atom stereocenters. The SMILES string of the molecule is Cc1ccc(C(Cl)c2cc(Cl)ccc2F)s1. The highest BCUT2D eigenvalue weighted by molar-refractivity contribution is 7.12. The Morgan fingerprint density at radius 3 is 2.62 bits per heavy atom. The molecule has 0 bridgehead atoms. The number of thiophene rings is 1. The second-order valence-corrected chi connectivity index (χ2v) is 5.67. The minimum absolute atomic E-state index is 0.324. The Balaban J connectivity index is 2.40. The van der Waals surface area contributed by atoms with Crippen LogP contribution in [0.5, 0.6) is 0 Å². The van der Waals surface area contributed by atoms with E-state index in [0.29, 0.717) is 10.6 Å². The lowest BCUT2D eigenvalue weighted by molar-refractivity contribution is 0.613. The Hall–Kier alpha value is -0.570. The number of aryl methyl sites for hydroxylation is 1. The van der Waals surface area contributed by atoms with Crippen molar-refractivity contribution in [1.82, 2.24) is 0 Å². The maximum absolute atomic E-state index is 13.6. The van der Waals surface area contributed by atoms with Crippen LogP contribution >= 0.6 is 34.5 Å². The number of alkyl halides is 1. The van der Waals surface area contributed by atoms with Gasteiger partial charge < -0.3 is 0 Å². The van der Waals surface area contributed by atoms with Gasteiger partial charge in [0.2, 0.25) is 0 Å². The summed E-state index contributed by atoms with van der Waals surface area (Å²) in [5.74, 6) is -0.324. The van der Waals surface area contributed by atoms with Gasteiger partial charge in [-0.1, -0.05) is 11.6 Å². The summed E-state index contributed by atoms with van der Waals surface area (Å²) in [7, 11) is 0. The highest BCUT2D eigenvalue weighted by Gasteiger charge is 2.17. The van der Waals surface area contributed by atoms with Gasteiger partial charge in [0.25, 0.3) is 0 Å². The van der Waals surface area contributed by atoms with Gasteiger partial charge in [0.05, 0.1) is 5.38 Å². The average molecular weight is 275 g/mol. The first-order valence-corrected chi connectivity index (χ1v) is 6.36. The van der Waals surface area contributed by atoms with E-state index in [9.17, 15) is 4.39 Å². The molecule has 0 aliphatic carbocycles. The molecule has 1 aromatic carbocycles. The predicted octanol–water partition coefficient (Wildman–Crippen LogP) is 5.18. The second-order valence-electron chi connectivity index (χ2n) is 3.48. The van der Waals surface area contributed by atoms with Crippen molar-refractivity contribution >= 4 is 34.5 Å². The fraction of sp³-hybridized carbons (Fsp3) is 0.167. The van der Waals surface area contributed by atoms with Crippen LogP contribution < -0.4 is 0 Å². The number of hydrogen-bond acceptors (Lipinski definition) is 1. The number of rotatable bonds is 2. The minimum atomic E-state index is -0.475. The van der Waals surface area contributed by atoms with Gasteiger partial charge >= 0.3 is 0 Å². The molecule has 0 spiro atoms. The van der Waals surface area contributed by atoms with Crippen LogP contribution in [-0.4, -0.2) is 0 Å². The van der Waals surface area contributed by atoms with Gasteiger partial charge in [-0.05, 0) is 37.3 Å². The molecule has 0 N–H and O–H groups in total. The van der Waals surface area contributed by atoms with E-state index in [4.69, 9.17) is 23.2 Å². The van der Waals surface area contributed by atoms with Gasteiger partial charge in [-0.25, -0.2) is 4.39 Å². The zero-order valence-electron chi connectivity index (χ0n) is 8.51. The molecule has 0 aliphatic heterocycles. The normalized spacial score (nSPS) is 12.8. The standard InChI is InChI=1S/C12H9Cl2FS/c1-7-2-5-11(16-7)12(14)9-6-8(13)3-4-10(9)15/h2-6,12H,1H3. The largest absolute Gasteiger partial charge is 0.207 e. The topological polar surface area (TPSA) is 0 Å². The highest BCUT2D eigenvalue weighted by atomic mass is 35.5. The number of benzene rings is 1. The second kappa shape index (κ2) is 4.74. The smallest absolute Gasteiger partial charge is 0.128 e. The van der Waals surface area contributed by atoms with Crippen molar-refractivity contribution in [2.45, 2.75) is 12.3 Å². The first-order valence-electron chi connectivity index (χ1n) is 4.73. The van der Waals surface area contributed by atoms with Crippen LogP contribution in [0.25, 0.3) is 0 Å². The predicted molar refractivity (Wildman–Crippen MR) is 68.2 cm³/mol. The Labute approximate surface area is 108 Å². The fourth-order valence-corrected chi connectivity index (χ4v) is 2.88. The summed E-state index contributed by atoms with van der Waals surface area (Å²) in [5, 5.41) is 0.0210. The molecule has 4 heteroatoms. The van der Waals surface area contributed by atoms with Crippen molar-refractivity contribution in [3.05, 3.63) is 56.5 Å². The summed E-state index contributed by atoms with van der Waals surface area (Å²) in [5.41, 5.74) is 0.427. The highest BCUT2D eigenvalue weighted by Crippen LogP contribution is 2.35. The third kappa shape index (κ3) is 2.40. The van der Waals surface area contributed by atoms with E-state index in [0.717, 1.165) is 9.75 Å². The molecule has 0 fully saturated rings. The molecule has 0 saturated carbocycles. The molecule has 0 amide bonds. The molecule has 0 saturated heterocycles. The molecular formula is C12H9Cl2FS. The average Bonchev–Trinajstić information content (AvgIpc) is 2.67. The van der Waals surface area contributed by atoms with E-state index < -0.39 is 5.38 Å². The van der Waals surface area contributed by atoms with Crippen LogP contribution in [0.3, 0.4) is 0 Å². The quantitative estimate of drug-likeness (QED) is 0.663. The zero-order chi connectivity index (χ0) is 11.7. The van der Waals surface area contributed by atoms with E-state index in [-0.39, 0.29) is 5.82 Å². The van der Waals surface area contributed by atoms with Crippen molar-refractivity contribution in [3.8, 4) is 0 Å². The van der Waals surface area contributed by atoms with E-state index in [2.05, 4.69) is 0 Å². The van der Waals surface area contributed by atoms with E-state index in [1.165, 1.54) is 12.1 Å². The zero-order valence-corrected chi connectivity index (χ0v) is 10.8. The molecule has 2 aromatic rings. The summed E-state index contributed by atoms with van der Waals surface area (Å²) >= 11 is 13.6. The third-order valence-corrected chi connectivity index (χ3v) is 4.14. The molecule has 1 heterocycles.